The zero-order valence-corrected chi connectivity index (χ0v) is 28.7. The zero-order chi connectivity index (χ0) is 31.8. The molecule has 242 valence electrons. The van der Waals surface area contributed by atoms with Crippen LogP contribution in [0.2, 0.25) is 10.3 Å². The van der Waals surface area contributed by atoms with Crippen LogP contribution < -0.4 is 20.0 Å². The summed E-state index contributed by atoms with van der Waals surface area (Å²) in [5, 5.41) is 2.34. The molecule has 8 nitrogen and oxygen atoms in total. The summed E-state index contributed by atoms with van der Waals surface area (Å²) in [4.78, 5) is 17.7. The highest BCUT2D eigenvalue weighted by Crippen LogP contribution is 2.48. The lowest BCUT2D eigenvalue weighted by Crippen LogP contribution is -2.71. The van der Waals surface area contributed by atoms with Crippen LogP contribution in [0.25, 0.3) is 0 Å². The minimum atomic E-state index is -2.90. The Balaban J connectivity index is 1.36. The van der Waals surface area contributed by atoms with Crippen LogP contribution in [0.5, 0.6) is 6.01 Å². The maximum absolute atomic E-state index is 14.1. The van der Waals surface area contributed by atoms with E-state index in [0.717, 1.165) is 12.8 Å². The largest absolute Gasteiger partial charge is 0.459 e. The second kappa shape index (κ2) is 12.9. The second-order valence-corrected chi connectivity index (χ2v) is 18.5. The van der Waals surface area contributed by atoms with Crippen molar-refractivity contribution in [3.8, 4) is 6.01 Å². The first-order valence-electron chi connectivity index (χ1n) is 16.1. The summed E-state index contributed by atoms with van der Waals surface area (Å²) in [6.07, 6.45) is 1.37. The van der Waals surface area contributed by atoms with Crippen molar-refractivity contribution < 1.29 is 18.3 Å². The fraction of sp³-hybridized carbons (Fsp3) is 0.559. The molecule has 2 aromatic carbocycles. The fourth-order valence-corrected chi connectivity index (χ4v) is 12.2. The van der Waals surface area contributed by atoms with Gasteiger partial charge in [0.2, 0.25) is 11.2 Å². The molecule has 4 atom stereocenters. The summed E-state index contributed by atoms with van der Waals surface area (Å²) in [6.45, 7) is 11.3. The average Bonchev–Trinajstić information content (AvgIpc) is 3.83. The van der Waals surface area contributed by atoms with Crippen molar-refractivity contribution in [2.75, 3.05) is 44.8 Å². The Labute approximate surface area is 272 Å². The Morgan fingerprint density at radius 1 is 1.02 bits per heavy atom. The molecule has 3 aliphatic rings. The third-order valence-electron chi connectivity index (χ3n) is 9.65. The SMILES string of the molecule is C[C@H](Oc1nc(Cl)nc(N2CCOCC(O[Si](c3ccccc3)(c3ccccc3)C(C)(C)C)(C3CC3)C2)n1)[C@@H]1C[C@@H](F)CN1C. The molecule has 45 heavy (non-hydrogen) atoms. The lowest BCUT2D eigenvalue weighted by atomic mass is 9.98. The molecule has 2 saturated heterocycles. The topological polar surface area (TPSA) is 72.8 Å². The van der Waals surface area contributed by atoms with Gasteiger partial charge in [0.25, 0.3) is 8.32 Å². The second-order valence-electron chi connectivity index (χ2n) is 13.9. The van der Waals surface area contributed by atoms with Crippen molar-refractivity contribution in [3.05, 3.63) is 65.9 Å². The van der Waals surface area contributed by atoms with Gasteiger partial charge in [-0.3, -0.25) is 4.90 Å². The van der Waals surface area contributed by atoms with Gasteiger partial charge < -0.3 is 18.8 Å². The third-order valence-corrected chi connectivity index (χ3v) is 14.9. The first-order valence-corrected chi connectivity index (χ1v) is 18.4. The van der Waals surface area contributed by atoms with Crippen LogP contribution in [-0.4, -0.2) is 92.0 Å². The molecule has 0 bridgehead atoms. The number of halogens is 2. The van der Waals surface area contributed by atoms with Gasteiger partial charge in [-0.05, 0) is 66.2 Å². The van der Waals surface area contributed by atoms with E-state index in [2.05, 4.69) is 96.3 Å². The first kappa shape index (κ1) is 32.3. The van der Waals surface area contributed by atoms with E-state index in [1.54, 1.807) is 0 Å². The lowest BCUT2D eigenvalue weighted by molar-refractivity contribution is -0.0290. The molecule has 0 spiro atoms. The standard InChI is InChI=1S/C34H45ClFN5O3Si/c1-24(29-20-26(36)21-40(29)5)43-32-38-30(35)37-31(39-32)41-18-19-42-23-34(22-41,25-16-17-25)44-45(33(2,3)4,27-12-8-6-9-13-27)28-14-10-7-11-15-28/h6-15,24-26,29H,16-23H2,1-5H3/t24-,26+,29-,34?/m0/s1. The number of likely N-dealkylation sites (N-methyl/N-ethyl adjacent to an activating group) is 1. The van der Waals surface area contributed by atoms with Gasteiger partial charge in [-0.1, -0.05) is 81.4 Å². The lowest BCUT2D eigenvalue weighted by Gasteiger charge is -2.50. The minimum absolute atomic E-state index is 0.0560. The summed E-state index contributed by atoms with van der Waals surface area (Å²) in [5.41, 5.74) is -0.599. The van der Waals surface area contributed by atoms with Crippen LogP contribution in [-0.2, 0) is 9.16 Å². The van der Waals surface area contributed by atoms with Crippen LogP contribution in [0.3, 0.4) is 0 Å². The molecule has 11 heteroatoms. The van der Waals surface area contributed by atoms with Gasteiger partial charge in [-0.15, -0.1) is 0 Å². The summed E-state index contributed by atoms with van der Waals surface area (Å²) in [7, 11) is -0.989. The van der Waals surface area contributed by atoms with E-state index in [9.17, 15) is 4.39 Å². The van der Waals surface area contributed by atoms with E-state index in [1.807, 2.05) is 18.9 Å². The maximum Gasteiger partial charge on any atom is 0.322 e. The minimum Gasteiger partial charge on any atom is -0.459 e. The van der Waals surface area contributed by atoms with Gasteiger partial charge in [0, 0.05) is 19.1 Å². The van der Waals surface area contributed by atoms with Gasteiger partial charge in [-0.25, -0.2) is 4.39 Å². The Bertz CT molecular complexity index is 1410. The van der Waals surface area contributed by atoms with Crippen LogP contribution in [0, 0.1) is 5.92 Å². The fourth-order valence-electron chi connectivity index (χ4n) is 7.27. The number of rotatable bonds is 9. The van der Waals surface area contributed by atoms with Crippen molar-refractivity contribution in [1.29, 1.82) is 0 Å². The van der Waals surface area contributed by atoms with Gasteiger partial charge in [0.15, 0.2) is 0 Å². The number of hydrogen-bond donors (Lipinski definition) is 0. The van der Waals surface area contributed by atoms with Crippen molar-refractivity contribution >= 4 is 36.2 Å². The number of alkyl halides is 1. The molecule has 0 N–H and O–H groups in total. The van der Waals surface area contributed by atoms with Crippen LogP contribution >= 0.6 is 11.6 Å². The maximum atomic E-state index is 14.1. The molecule has 1 unspecified atom stereocenters. The van der Waals surface area contributed by atoms with E-state index >= 15 is 0 Å². The Kier molecular flexibility index (Phi) is 9.24. The van der Waals surface area contributed by atoms with Gasteiger partial charge in [0.1, 0.15) is 17.9 Å². The highest BCUT2D eigenvalue weighted by atomic mass is 35.5. The Hall–Kier alpha value is -2.63. The third kappa shape index (κ3) is 6.63. The number of nitrogens with zero attached hydrogens (tertiary/aromatic N) is 5. The molecule has 0 radical (unpaired) electrons. The molecule has 3 heterocycles. The van der Waals surface area contributed by atoms with Crippen molar-refractivity contribution in [1.82, 2.24) is 19.9 Å². The molecule has 2 aliphatic heterocycles. The van der Waals surface area contributed by atoms with E-state index in [0.29, 0.717) is 51.1 Å². The number of benzene rings is 2. The normalized spacial score (nSPS) is 25.6. The van der Waals surface area contributed by atoms with Gasteiger partial charge in [-0.2, -0.15) is 15.0 Å². The van der Waals surface area contributed by atoms with E-state index < -0.39 is 20.1 Å². The molecule has 0 amide bonds. The van der Waals surface area contributed by atoms with E-state index in [4.69, 9.17) is 30.5 Å². The quantitative estimate of drug-likeness (QED) is 0.302. The molecule has 6 rings (SSSR count). The predicted octanol–water partition coefficient (Wildman–Crippen LogP) is 4.90. The molecule has 1 aromatic heterocycles. The number of ether oxygens (including phenoxy) is 2. The number of anilines is 1. The summed E-state index contributed by atoms with van der Waals surface area (Å²) < 4.78 is 34.5. The number of aromatic nitrogens is 3. The van der Waals surface area contributed by atoms with E-state index in [-0.39, 0.29) is 28.5 Å². The zero-order valence-electron chi connectivity index (χ0n) is 27.0. The average molecular weight is 654 g/mol. The van der Waals surface area contributed by atoms with Crippen LogP contribution in [0.4, 0.5) is 10.3 Å². The van der Waals surface area contributed by atoms with E-state index in [1.165, 1.54) is 10.4 Å². The molecule has 1 saturated carbocycles. The molecular formula is C34H45ClFN5O3Si. The van der Waals surface area contributed by atoms with Crippen molar-refractivity contribution in [2.45, 2.75) is 75.9 Å². The summed E-state index contributed by atoms with van der Waals surface area (Å²) in [6, 6.07) is 21.5. The molecule has 3 fully saturated rings. The number of hydrogen-bond acceptors (Lipinski definition) is 8. The first-order chi connectivity index (χ1) is 21.5. The predicted molar refractivity (Wildman–Crippen MR) is 178 cm³/mol. The summed E-state index contributed by atoms with van der Waals surface area (Å²) >= 11 is 6.48. The van der Waals surface area contributed by atoms with Gasteiger partial charge >= 0.3 is 6.01 Å². The monoisotopic (exact) mass is 653 g/mol. The summed E-state index contributed by atoms with van der Waals surface area (Å²) in [5.74, 6) is 0.765. The highest BCUT2D eigenvalue weighted by Gasteiger charge is 2.59. The Morgan fingerprint density at radius 2 is 1.67 bits per heavy atom. The highest BCUT2D eigenvalue weighted by molar-refractivity contribution is 6.99. The van der Waals surface area contributed by atoms with Crippen LogP contribution in [0.1, 0.15) is 47.0 Å². The smallest absolute Gasteiger partial charge is 0.322 e. The van der Waals surface area contributed by atoms with Gasteiger partial charge in [0.05, 0.1) is 19.8 Å². The van der Waals surface area contributed by atoms with Crippen LogP contribution in [0.15, 0.2) is 60.7 Å². The molecule has 3 aromatic rings. The number of likely N-dealkylation sites (tertiary alicyclic amines) is 1. The Morgan fingerprint density at radius 3 is 2.22 bits per heavy atom. The molecular weight excluding hydrogens is 609 g/mol. The van der Waals surface area contributed by atoms with Crippen molar-refractivity contribution in [3.63, 3.8) is 0 Å². The van der Waals surface area contributed by atoms with Crippen molar-refractivity contribution in [2.24, 2.45) is 5.92 Å². The molecule has 1 aliphatic carbocycles.